The van der Waals surface area contributed by atoms with Crippen molar-refractivity contribution in [2.75, 3.05) is 0 Å². The molecule has 3 rings (SSSR count). The minimum absolute atomic E-state index is 0.0681. The molecule has 0 aromatic rings. The minimum atomic E-state index is -4.04. The van der Waals surface area contributed by atoms with Crippen LogP contribution in [0, 0.1) is 35.5 Å². The monoisotopic (exact) mass is 540 g/mol. The van der Waals surface area contributed by atoms with E-state index in [-0.39, 0.29) is 31.0 Å². The van der Waals surface area contributed by atoms with Crippen LogP contribution in [0.1, 0.15) is 126 Å². The zero-order chi connectivity index (χ0) is 29.0. The number of rotatable bonds is 3. The van der Waals surface area contributed by atoms with Gasteiger partial charge in [0.1, 0.15) is 0 Å². The van der Waals surface area contributed by atoms with Crippen LogP contribution in [0.25, 0.3) is 0 Å². The Bertz CT molecular complexity index is 558. The molecule has 4 nitrogen and oxygen atoms in total. The maximum atomic E-state index is 12.2. The summed E-state index contributed by atoms with van der Waals surface area (Å²) >= 11 is 0. The molecule has 3 aliphatic carbocycles. The fourth-order valence-corrected chi connectivity index (χ4v) is 5.68. The van der Waals surface area contributed by atoms with Crippen molar-refractivity contribution >= 4 is 0 Å². The summed E-state index contributed by atoms with van der Waals surface area (Å²) in [5.41, 5.74) is -0.500. The zero-order valence-electron chi connectivity index (χ0n) is 24.9. The standard InChI is InChI=1S/C9H15F3O.C9H18O.C8H16O.C4H10O/c1-6(13)7-2-4-8(5-3-7)9(10,11)12;1-7-5-3-4-6-9(7)8(2)10;1-6-3-4-8(5-6)7(2)9;1-4(2,3)5/h6-8,13H,2-5H2,1H3;7-10H,3-6H2,1-2H3;6-9H,3-5H2,1-2H3;5H,1-3H3. The molecule has 0 heterocycles. The lowest BCUT2D eigenvalue weighted by Gasteiger charge is -2.31. The SMILES string of the molecule is CC(C)(C)O.CC(O)C1CCC(C(F)(F)F)CC1.CC(O)C1CCCCC1C.CC1CCC(C(C)O)C1. The number of aliphatic hydroxyl groups excluding tert-OH is 3. The Morgan fingerprint density at radius 2 is 1.08 bits per heavy atom. The summed E-state index contributed by atoms with van der Waals surface area (Å²) in [7, 11) is 0. The predicted molar refractivity (Wildman–Crippen MR) is 146 cm³/mol. The van der Waals surface area contributed by atoms with E-state index >= 15 is 0 Å². The zero-order valence-corrected chi connectivity index (χ0v) is 24.9. The molecule has 0 aromatic heterocycles. The van der Waals surface area contributed by atoms with Crippen molar-refractivity contribution in [1.29, 1.82) is 0 Å². The number of hydrogen-bond donors (Lipinski definition) is 4. The number of aliphatic hydroxyl groups is 4. The van der Waals surface area contributed by atoms with Gasteiger partial charge in [0.25, 0.3) is 0 Å². The van der Waals surface area contributed by atoms with Crippen LogP contribution in [0.3, 0.4) is 0 Å². The van der Waals surface area contributed by atoms with Crippen molar-refractivity contribution in [3.63, 3.8) is 0 Å². The smallest absolute Gasteiger partial charge is 0.391 e. The van der Waals surface area contributed by atoms with Crippen LogP contribution < -0.4 is 0 Å². The van der Waals surface area contributed by atoms with Crippen LogP contribution in [0.5, 0.6) is 0 Å². The lowest BCUT2D eigenvalue weighted by Crippen LogP contribution is -2.30. The van der Waals surface area contributed by atoms with E-state index in [1.165, 1.54) is 44.9 Å². The molecule has 3 fully saturated rings. The van der Waals surface area contributed by atoms with E-state index in [0.717, 1.165) is 11.8 Å². The summed E-state index contributed by atoms with van der Waals surface area (Å²) in [5.74, 6) is 1.70. The Morgan fingerprint density at radius 3 is 1.35 bits per heavy atom. The first-order chi connectivity index (χ1) is 16.8. The Hall–Kier alpha value is -0.370. The lowest BCUT2D eigenvalue weighted by atomic mass is 9.78. The quantitative estimate of drug-likeness (QED) is 0.299. The van der Waals surface area contributed by atoms with Gasteiger partial charge in [0.2, 0.25) is 0 Å². The summed E-state index contributed by atoms with van der Waals surface area (Å²) in [5, 5.41) is 36.2. The molecule has 7 unspecified atom stereocenters. The van der Waals surface area contributed by atoms with Gasteiger partial charge >= 0.3 is 6.18 Å². The van der Waals surface area contributed by atoms with Crippen LogP contribution in [-0.2, 0) is 0 Å². The van der Waals surface area contributed by atoms with Crippen LogP contribution in [0.2, 0.25) is 0 Å². The maximum absolute atomic E-state index is 12.2. The molecular formula is C30H59F3O4. The first kappa shape index (κ1) is 36.6. The van der Waals surface area contributed by atoms with Gasteiger partial charge in [0, 0.05) is 0 Å². The second-order valence-corrected chi connectivity index (χ2v) is 13.1. The van der Waals surface area contributed by atoms with Crippen LogP contribution in [0.4, 0.5) is 13.2 Å². The first-order valence-corrected chi connectivity index (χ1v) is 14.7. The van der Waals surface area contributed by atoms with Gasteiger partial charge in [0.05, 0.1) is 29.8 Å². The lowest BCUT2D eigenvalue weighted by molar-refractivity contribution is -0.185. The average molecular weight is 541 g/mol. The van der Waals surface area contributed by atoms with Crippen molar-refractivity contribution in [2.24, 2.45) is 35.5 Å². The van der Waals surface area contributed by atoms with Crippen molar-refractivity contribution < 1.29 is 33.6 Å². The Balaban J connectivity index is 0.000000489. The largest absolute Gasteiger partial charge is 0.393 e. The molecule has 0 saturated heterocycles. The third-order valence-electron chi connectivity index (χ3n) is 8.13. The van der Waals surface area contributed by atoms with Crippen molar-refractivity contribution in [2.45, 2.75) is 156 Å². The number of alkyl halides is 3. The summed E-state index contributed by atoms with van der Waals surface area (Å²) in [4.78, 5) is 0. The van der Waals surface area contributed by atoms with Gasteiger partial charge in [-0.15, -0.1) is 0 Å². The predicted octanol–water partition coefficient (Wildman–Crippen LogP) is 7.51. The van der Waals surface area contributed by atoms with Crippen molar-refractivity contribution in [1.82, 2.24) is 0 Å². The van der Waals surface area contributed by atoms with E-state index in [0.29, 0.717) is 24.7 Å². The van der Waals surface area contributed by atoms with Gasteiger partial charge < -0.3 is 20.4 Å². The van der Waals surface area contributed by atoms with E-state index in [1.807, 2.05) is 13.8 Å². The molecule has 7 heteroatoms. The molecule has 4 N–H and O–H groups in total. The number of hydrogen-bond acceptors (Lipinski definition) is 4. The summed E-state index contributed by atoms with van der Waals surface area (Å²) < 4.78 is 36.6. The van der Waals surface area contributed by atoms with Gasteiger partial charge in [-0.25, -0.2) is 0 Å². The fraction of sp³-hybridized carbons (Fsp3) is 1.00. The fourth-order valence-electron chi connectivity index (χ4n) is 5.68. The highest BCUT2D eigenvalue weighted by molar-refractivity contribution is 4.79. The molecule has 0 aromatic carbocycles. The van der Waals surface area contributed by atoms with Gasteiger partial charge in [-0.3, -0.25) is 0 Å². The third kappa shape index (κ3) is 17.8. The molecule has 224 valence electrons. The molecule has 0 spiro atoms. The van der Waals surface area contributed by atoms with Gasteiger partial charge in [-0.1, -0.05) is 39.5 Å². The highest BCUT2D eigenvalue weighted by Crippen LogP contribution is 2.40. The minimum Gasteiger partial charge on any atom is -0.393 e. The van der Waals surface area contributed by atoms with Gasteiger partial charge in [-0.2, -0.15) is 13.2 Å². The van der Waals surface area contributed by atoms with E-state index in [4.69, 9.17) is 10.2 Å². The molecule has 0 bridgehead atoms. The third-order valence-corrected chi connectivity index (χ3v) is 8.13. The Morgan fingerprint density at radius 1 is 0.649 bits per heavy atom. The van der Waals surface area contributed by atoms with Crippen LogP contribution in [-0.4, -0.2) is 50.5 Å². The average Bonchev–Trinajstić information content (AvgIpc) is 3.20. The number of halogens is 3. The molecule has 3 aliphatic rings. The second kappa shape index (κ2) is 17.3. The Kier molecular flexibility index (Phi) is 17.2. The van der Waals surface area contributed by atoms with Gasteiger partial charge in [0.15, 0.2) is 0 Å². The highest BCUT2D eigenvalue weighted by Gasteiger charge is 2.41. The molecule has 0 aliphatic heterocycles. The first-order valence-electron chi connectivity index (χ1n) is 14.7. The topological polar surface area (TPSA) is 80.9 Å². The summed E-state index contributed by atoms with van der Waals surface area (Å²) in [6.07, 6.45) is 5.72. The molecule has 0 radical (unpaired) electrons. The van der Waals surface area contributed by atoms with E-state index in [2.05, 4.69) is 13.8 Å². The van der Waals surface area contributed by atoms with Crippen LogP contribution >= 0.6 is 0 Å². The van der Waals surface area contributed by atoms with Crippen molar-refractivity contribution in [3.05, 3.63) is 0 Å². The van der Waals surface area contributed by atoms with E-state index in [1.54, 1.807) is 27.7 Å². The highest BCUT2D eigenvalue weighted by atomic mass is 19.4. The molecular weight excluding hydrogens is 481 g/mol. The summed E-state index contributed by atoms with van der Waals surface area (Å²) in [6, 6.07) is 0. The molecule has 3 saturated carbocycles. The van der Waals surface area contributed by atoms with E-state index < -0.39 is 23.8 Å². The normalized spacial score (nSPS) is 32.8. The molecule has 37 heavy (non-hydrogen) atoms. The molecule has 0 amide bonds. The van der Waals surface area contributed by atoms with E-state index in [9.17, 15) is 23.4 Å². The second-order valence-electron chi connectivity index (χ2n) is 13.1. The Labute approximate surface area is 225 Å². The molecule has 7 atom stereocenters. The van der Waals surface area contributed by atoms with Gasteiger partial charge in [-0.05, 0) is 116 Å². The van der Waals surface area contributed by atoms with Crippen molar-refractivity contribution in [3.8, 4) is 0 Å². The van der Waals surface area contributed by atoms with Crippen LogP contribution in [0.15, 0.2) is 0 Å². The summed E-state index contributed by atoms with van der Waals surface area (Å²) in [6.45, 7) is 15.2. The maximum Gasteiger partial charge on any atom is 0.391 e.